The summed E-state index contributed by atoms with van der Waals surface area (Å²) in [6, 6.07) is 23.2. The number of fused-ring (bicyclic) bond motifs is 3. The van der Waals surface area contributed by atoms with Crippen molar-refractivity contribution in [3.05, 3.63) is 101 Å². The average Bonchev–Trinajstić information content (AvgIpc) is 3.25. The highest BCUT2D eigenvalue weighted by molar-refractivity contribution is 9.10. The van der Waals surface area contributed by atoms with Crippen molar-refractivity contribution in [2.24, 2.45) is 5.92 Å². The van der Waals surface area contributed by atoms with Crippen LogP contribution in [0.25, 0.3) is 0 Å². The third kappa shape index (κ3) is 3.55. The largest absolute Gasteiger partial charge is 0.378 e. The lowest BCUT2D eigenvalue weighted by Gasteiger charge is -2.37. The van der Waals surface area contributed by atoms with Gasteiger partial charge in [0.25, 0.3) is 10.0 Å². The summed E-state index contributed by atoms with van der Waals surface area (Å²) in [4.78, 5) is 0.281. The first-order chi connectivity index (χ1) is 14.5. The minimum atomic E-state index is -3.67. The van der Waals surface area contributed by atoms with E-state index in [0.29, 0.717) is 11.6 Å². The lowest BCUT2D eigenvalue weighted by Crippen LogP contribution is -2.29. The Bertz CT molecular complexity index is 1210. The second kappa shape index (κ2) is 7.60. The third-order valence-electron chi connectivity index (χ3n) is 5.90. The van der Waals surface area contributed by atoms with E-state index in [-0.39, 0.29) is 16.9 Å². The van der Waals surface area contributed by atoms with Crippen molar-refractivity contribution in [1.82, 2.24) is 0 Å². The van der Waals surface area contributed by atoms with Gasteiger partial charge in [-0.1, -0.05) is 58.4 Å². The molecule has 4 nitrogen and oxygen atoms in total. The SMILES string of the molecule is O=S(=O)(Nc1ccc(Br)cc1)c1ccc2c(c1)[C@H]1C=CC[C@H]1[C@@H](c1ccccc1)N2. The summed E-state index contributed by atoms with van der Waals surface area (Å²) in [5.41, 5.74) is 3.84. The Morgan fingerprint density at radius 3 is 2.50 bits per heavy atom. The summed E-state index contributed by atoms with van der Waals surface area (Å²) < 4.78 is 29.6. The molecule has 0 bridgehead atoms. The molecule has 1 aliphatic carbocycles. The first-order valence-corrected chi connectivity index (χ1v) is 12.2. The van der Waals surface area contributed by atoms with Crippen LogP contribution in [-0.2, 0) is 10.0 Å². The molecule has 0 saturated carbocycles. The van der Waals surface area contributed by atoms with Crippen LogP contribution in [0.3, 0.4) is 0 Å². The molecule has 3 aromatic rings. The van der Waals surface area contributed by atoms with E-state index in [9.17, 15) is 8.42 Å². The molecule has 0 fully saturated rings. The van der Waals surface area contributed by atoms with Crippen LogP contribution < -0.4 is 10.0 Å². The number of benzene rings is 3. The Balaban J connectivity index is 1.49. The Morgan fingerprint density at radius 1 is 0.967 bits per heavy atom. The van der Waals surface area contributed by atoms with Gasteiger partial charge >= 0.3 is 0 Å². The zero-order chi connectivity index (χ0) is 20.7. The van der Waals surface area contributed by atoms with E-state index < -0.39 is 10.0 Å². The molecule has 0 amide bonds. The number of hydrogen-bond acceptors (Lipinski definition) is 3. The molecule has 2 N–H and O–H groups in total. The molecule has 0 radical (unpaired) electrons. The van der Waals surface area contributed by atoms with E-state index in [1.54, 1.807) is 18.2 Å². The fraction of sp³-hybridized carbons (Fsp3) is 0.167. The predicted octanol–water partition coefficient (Wildman–Crippen LogP) is 6.08. The lowest BCUT2D eigenvalue weighted by molar-refractivity contribution is 0.425. The normalized spacial score (nSPS) is 22.1. The number of rotatable bonds is 4. The summed E-state index contributed by atoms with van der Waals surface area (Å²) in [6.45, 7) is 0. The van der Waals surface area contributed by atoms with Gasteiger partial charge in [0.15, 0.2) is 0 Å². The molecular weight excluding hydrogens is 460 g/mol. The van der Waals surface area contributed by atoms with Crippen LogP contribution in [0.15, 0.2) is 94.3 Å². The second-order valence-electron chi connectivity index (χ2n) is 7.75. The second-order valence-corrected chi connectivity index (χ2v) is 10.3. The molecule has 0 spiro atoms. The van der Waals surface area contributed by atoms with Crippen molar-refractivity contribution in [3.63, 3.8) is 0 Å². The third-order valence-corrected chi connectivity index (χ3v) is 7.81. The molecule has 0 aromatic heterocycles. The van der Waals surface area contributed by atoms with Crippen LogP contribution in [-0.4, -0.2) is 8.42 Å². The van der Waals surface area contributed by atoms with Gasteiger partial charge in [0.05, 0.1) is 10.9 Å². The Morgan fingerprint density at radius 2 is 1.73 bits per heavy atom. The Kier molecular flexibility index (Phi) is 4.91. The molecule has 30 heavy (non-hydrogen) atoms. The van der Waals surface area contributed by atoms with E-state index in [1.165, 1.54) is 5.56 Å². The standard InChI is InChI=1S/C24H21BrN2O2S/c25-17-9-11-18(12-10-17)27-30(28,29)19-13-14-23-22(15-19)20-7-4-8-21(20)24(26-23)16-5-2-1-3-6-16/h1-7,9-15,20-21,24,26-27H,8H2/t20-,21+,24+/m0/s1. The van der Waals surface area contributed by atoms with Crippen LogP contribution in [0, 0.1) is 5.92 Å². The minimum absolute atomic E-state index is 0.203. The van der Waals surface area contributed by atoms with Gasteiger partial charge in [0, 0.05) is 21.8 Å². The maximum absolute atomic E-state index is 13.0. The molecule has 1 aliphatic heterocycles. The van der Waals surface area contributed by atoms with Crippen molar-refractivity contribution in [3.8, 4) is 0 Å². The lowest BCUT2D eigenvalue weighted by atomic mass is 9.77. The number of nitrogens with one attached hydrogen (secondary N) is 2. The summed E-state index contributed by atoms with van der Waals surface area (Å²) in [5, 5.41) is 3.66. The summed E-state index contributed by atoms with van der Waals surface area (Å²) >= 11 is 3.37. The smallest absolute Gasteiger partial charge is 0.261 e. The maximum Gasteiger partial charge on any atom is 0.261 e. The molecule has 5 rings (SSSR count). The van der Waals surface area contributed by atoms with Gasteiger partial charge in [-0.2, -0.15) is 0 Å². The highest BCUT2D eigenvalue weighted by Gasteiger charge is 2.38. The van der Waals surface area contributed by atoms with Gasteiger partial charge in [-0.15, -0.1) is 0 Å². The van der Waals surface area contributed by atoms with Gasteiger partial charge in [0.1, 0.15) is 0 Å². The molecule has 3 atom stereocenters. The summed E-state index contributed by atoms with van der Waals surface area (Å²) in [5.74, 6) is 0.576. The van der Waals surface area contributed by atoms with Crippen molar-refractivity contribution >= 4 is 37.3 Å². The number of anilines is 2. The zero-order valence-corrected chi connectivity index (χ0v) is 18.5. The first-order valence-electron chi connectivity index (χ1n) is 9.92. The molecular formula is C24H21BrN2O2S. The fourth-order valence-corrected chi connectivity index (χ4v) is 5.82. The Hall–Kier alpha value is -2.57. The van der Waals surface area contributed by atoms with Crippen LogP contribution in [0.5, 0.6) is 0 Å². The van der Waals surface area contributed by atoms with Gasteiger partial charge in [-0.05, 0) is 65.9 Å². The molecule has 6 heteroatoms. The number of hydrogen-bond donors (Lipinski definition) is 2. The van der Waals surface area contributed by atoms with Crippen LogP contribution in [0.2, 0.25) is 0 Å². The molecule has 2 aliphatic rings. The van der Waals surface area contributed by atoms with Gasteiger partial charge < -0.3 is 5.32 Å². The molecule has 3 aromatic carbocycles. The minimum Gasteiger partial charge on any atom is -0.378 e. The highest BCUT2D eigenvalue weighted by atomic mass is 79.9. The zero-order valence-electron chi connectivity index (χ0n) is 16.1. The highest BCUT2D eigenvalue weighted by Crippen LogP contribution is 2.50. The van der Waals surface area contributed by atoms with Crippen LogP contribution in [0.1, 0.15) is 29.5 Å². The van der Waals surface area contributed by atoms with E-state index in [0.717, 1.165) is 22.1 Å². The fourth-order valence-electron chi connectivity index (χ4n) is 4.46. The van der Waals surface area contributed by atoms with E-state index in [1.807, 2.05) is 30.3 Å². The van der Waals surface area contributed by atoms with Crippen molar-refractivity contribution in [1.29, 1.82) is 0 Å². The molecule has 1 heterocycles. The average molecular weight is 481 g/mol. The molecule has 0 saturated heterocycles. The first kappa shape index (κ1) is 19.4. The topological polar surface area (TPSA) is 58.2 Å². The number of halogens is 1. The van der Waals surface area contributed by atoms with E-state index in [4.69, 9.17) is 0 Å². The van der Waals surface area contributed by atoms with Gasteiger partial charge in [0.2, 0.25) is 0 Å². The summed E-state index contributed by atoms with van der Waals surface area (Å²) in [6.07, 6.45) is 5.41. The van der Waals surface area contributed by atoms with Gasteiger partial charge in [-0.25, -0.2) is 8.42 Å². The van der Waals surface area contributed by atoms with E-state index >= 15 is 0 Å². The van der Waals surface area contributed by atoms with Crippen molar-refractivity contribution in [2.45, 2.75) is 23.3 Å². The number of allylic oxidation sites excluding steroid dienone is 2. The quantitative estimate of drug-likeness (QED) is 0.445. The van der Waals surface area contributed by atoms with Crippen LogP contribution in [0.4, 0.5) is 11.4 Å². The van der Waals surface area contributed by atoms with Crippen molar-refractivity contribution in [2.75, 3.05) is 10.0 Å². The maximum atomic E-state index is 13.0. The molecule has 0 unspecified atom stereocenters. The van der Waals surface area contributed by atoms with Crippen molar-refractivity contribution < 1.29 is 8.42 Å². The van der Waals surface area contributed by atoms with E-state index in [2.05, 4.69) is 62.4 Å². The van der Waals surface area contributed by atoms with Gasteiger partial charge in [-0.3, -0.25) is 4.72 Å². The summed E-state index contributed by atoms with van der Waals surface area (Å²) in [7, 11) is -3.67. The monoisotopic (exact) mass is 480 g/mol. The number of sulfonamides is 1. The molecule has 152 valence electrons. The van der Waals surface area contributed by atoms with Crippen LogP contribution >= 0.6 is 15.9 Å². The predicted molar refractivity (Wildman–Crippen MR) is 124 cm³/mol. The Labute approximate surface area is 185 Å².